The highest BCUT2D eigenvalue weighted by Crippen LogP contribution is 2.21. The lowest BCUT2D eigenvalue weighted by Crippen LogP contribution is -2.36. The molecule has 1 atom stereocenters. The summed E-state index contributed by atoms with van der Waals surface area (Å²) < 4.78 is 19.1. The Morgan fingerprint density at radius 1 is 1.47 bits per heavy atom. The highest BCUT2D eigenvalue weighted by molar-refractivity contribution is 5.30. The van der Waals surface area contributed by atoms with Crippen molar-refractivity contribution >= 4 is 0 Å². The molecule has 0 aromatic heterocycles. The van der Waals surface area contributed by atoms with Gasteiger partial charge in [0, 0.05) is 18.7 Å². The Labute approximate surface area is 114 Å². The van der Waals surface area contributed by atoms with Crippen LogP contribution < -0.4 is 10.1 Å². The fourth-order valence-corrected chi connectivity index (χ4v) is 2.71. The van der Waals surface area contributed by atoms with E-state index in [0.29, 0.717) is 23.8 Å². The fourth-order valence-electron chi connectivity index (χ4n) is 2.71. The Balaban J connectivity index is 1.92. The summed E-state index contributed by atoms with van der Waals surface area (Å²) in [4.78, 5) is 2.19. The summed E-state index contributed by atoms with van der Waals surface area (Å²) in [5.41, 5.74) is 0.700. The van der Waals surface area contributed by atoms with E-state index in [1.807, 2.05) is 19.2 Å². The number of rotatable bonds is 5. The van der Waals surface area contributed by atoms with Gasteiger partial charge in [-0.1, -0.05) is 12.1 Å². The molecule has 1 saturated heterocycles. The molecule has 1 aliphatic heterocycles. The molecule has 3 nitrogen and oxygen atoms in total. The van der Waals surface area contributed by atoms with Crippen molar-refractivity contribution in [2.45, 2.75) is 19.4 Å². The third-order valence-electron chi connectivity index (χ3n) is 3.67. The minimum Gasteiger partial charge on any atom is -0.494 e. The van der Waals surface area contributed by atoms with Crippen molar-refractivity contribution in [3.8, 4) is 5.75 Å². The van der Waals surface area contributed by atoms with Gasteiger partial charge in [0.25, 0.3) is 0 Å². The lowest BCUT2D eigenvalue weighted by Gasteiger charge is -2.27. The van der Waals surface area contributed by atoms with Crippen LogP contribution in [0.4, 0.5) is 4.39 Å². The number of hydrogen-bond donors (Lipinski definition) is 1. The van der Waals surface area contributed by atoms with Gasteiger partial charge in [-0.25, -0.2) is 4.39 Å². The van der Waals surface area contributed by atoms with Crippen LogP contribution in [0.1, 0.15) is 18.4 Å². The van der Waals surface area contributed by atoms with Crippen LogP contribution in [0.25, 0.3) is 0 Å². The van der Waals surface area contributed by atoms with E-state index < -0.39 is 0 Å². The second kappa shape index (κ2) is 6.87. The van der Waals surface area contributed by atoms with E-state index in [1.54, 1.807) is 6.07 Å². The zero-order valence-corrected chi connectivity index (χ0v) is 11.8. The monoisotopic (exact) mass is 266 g/mol. The molecule has 0 aliphatic carbocycles. The van der Waals surface area contributed by atoms with Gasteiger partial charge in [-0.3, -0.25) is 0 Å². The number of halogens is 1. The van der Waals surface area contributed by atoms with Crippen LogP contribution in [0.5, 0.6) is 5.75 Å². The molecular formula is C15H23FN2O. The van der Waals surface area contributed by atoms with Gasteiger partial charge < -0.3 is 15.0 Å². The number of nitrogens with one attached hydrogen (secondary N) is 1. The predicted molar refractivity (Wildman–Crippen MR) is 74.9 cm³/mol. The molecule has 0 radical (unpaired) electrons. The van der Waals surface area contributed by atoms with Crippen LogP contribution in [0, 0.1) is 11.7 Å². The zero-order valence-electron chi connectivity index (χ0n) is 11.8. The molecule has 1 fully saturated rings. The molecule has 106 valence electrons. The van der Waals surface area contributed by atoms with E-state index in [1.165, 1.54) is 20.0 Å². The SMILES string of the molecule is COc1cccc(CN(C)CC2CCCNC2)c1F. The maximum atomic E-state index is 14.0. The number of ether oxygens (including phenoxy) is 1. The minimum absolute atomic E-state index is 0.237. The van der Waals surface area contributed by atoms with Crippen molar-refractivity contribution in [2.24, 2.45) is 5.92 Å². The summed E-state index contributed by atoms with van der Waals surface area (Å²) in [6.45, 7) is 3.83. The van der Waals surface area contributed by atoms with Gasteiger partial charge in [0.2, 0.25) is 0 Å². The maximum absolute atomic E-state index is 14.0. The molecule has 0 spiro atoms. The standard InChI is InChI=1S/C15H23FN2O/c1-18(10-12-5-4-8-17-9-12)11-13-6-3-7-14(19-2)15(13)16/h3,6-7,12,17H,4-5,8-11H2,1-2H3. The third-order valence-corrected chi connectivity index (χ3v) is 3.67. The second-order valence-electron chi connectivity index (χ2n) is 5.34. The van der Waals surface area contributed by atoms with Gasteiger partial charge >= 0.3 is 0 Å². The second-order valence-corrected chi connectivity index (χ2v) is 5.34. The molecule has 1 aromatic rings. The lowest BCUT2D eigenvalue weighted by atomic mass is 9.99. The topological polar surface area (TPSA) is 24.5 Å². The average Bonchev–Trinajstić information content (AvgIpc) is 2.42. The Bertz CT molecular complexity index is 405. The van der Waals surface area contributed by atoms with Gasteiger partial charge in [0.05, 0.1) is 7.11 Å². The van der Waals surface area contributed by atoms with Crippen molar-refractivity contribution in [1.29, 1.82) is 0 Å². The Morgan fingerprint density at radius 2 is 2.32 bits per heavy atom. The number of benzene rings is 1. The van der Waals surface area contributed by atoms with Crippen LogP contribution >= 0.6 is 0 Å². The van der Waals surface area contributed by atoms with Crippen molar-refractivity contribution < 1.29 is 9.13 Å². The molecule has 1 unspecified atom stereocenters. The molecule has 1 aliphatic rings. The first-order valence-corrected chi connectivity index (χ1v) is 6.91. The smallest absolute Gasteiger partial charge is 0.169 e. The Hall–Kier alpha value is -1.13. The summed E-state index contributed by atoms with van der Waals surface area (Å²) >= 11 is 0. The Morgan fingerprint density at radius 3 is 3.00 bits per heavy atom. The van der Waals surface area contributed by atoms with E-state index in [-0.39, 0.29) is 5.82 Å². The van der Waals surface area contributed by atoms with Gasteiger partial charge in [0.15, 0.2) is 11.6 Å². The molecule has 0 amide bonds. The average molecular weight is 266 g/mol. The van der Waals surface area contributed by atoms with Crippen LogP contribution in [0.3, 0.4) is 0 Å². The summed E-state index contributed by atoms with van der Waals surface area (Å²) in [5.74, 6) is 0.760. The van der Waals surface area contributed by atoms with Crippen molar-refractivity contribution in [1.82, 2.24) is 10.2 Å². The van der Waals surface area contributed by atoms with Gasteiger partial charge in [-0.05, 0) is 45.0 Å². The maximum Gasteiger partial charge on any atom is 0.169 e. The number of nitrogens with zero attached hydrogens (tertiary/aromatic N) is 1. The first-order chi connectivity index (χ1) is 9.20. The normalized spacial score (nSPS) is 19.7. The summed E-state index contributed by atoms with van der Waals surface area (Å²) in [5, 5.41) is 3.41. The van der Waals surface area contributed by atoms with Crippen LogP contribution in [0.15, 0.2) is 18.2 Å². The van der Waals surface area contributed by atoms with E-state index in [9.17, 15) is 4.39 Å². The first-order valence-electron chi connectivity index (χ1n) is 6.91. The number of methoxy groups -OCH3 is 1. The Kier molecular flexibility index (Phi) is 5.16. The first kappa shape index (κ1) is 14.3. The molecule has 2 rings (SSSR count). The number of piperidine rings is 1. The lowest BCUT2D eigenvalue weighted by molar-refractivity contribution is 0.234. The summed E-state index contributed by atoms with van der Waals surface area (Å²) in [6.07, 6.45) is 2.50. The highest BCUT2D eigenvalue weighted by atomic mass is 19.1. The van der Waals surface area contributed by atoms with Gasteiger partial charge in [-0.15, -0.1) is 0 Å². The molecule has 4 heteroatoms. The van der Waals surface area contributed by atoms with Crippen LogP contribution in [-0.4, -0.2) is 38.7 Å². The van der Waals surface area contributed by atoms with Crippen LogP contribution in [0.2, 0.25) is 0 Å². The molecule has 1 N–H and O–H groups in total. The zero-order chi connectivity index (χ0) is 13.7. The fraction of sp³-hybridized carbons (Fsp3) is 0.600. The van der Waals surface area contributed by atoms with Crippen molar-refractivity contribution in [2.75, 3.05) is 33.8 Å². The molecule has 19 heavy (non-hydrogen) atoms. The minimum atomic E-state index is -0.237. The van der Waals surface area contributed by atoms with E-state index in [4.69, 9.17) is 4.74 Å². The molecule has 1 aromatic carbocycles. The molecule has 1 heterocycles. The third kappa shape index (κ3) is 3.91. The van der Waals surface area contributed by atoms with E-state index >= 15 is 0 Å². The highest BCUT2D eigenvalue weighted by Gasteiger charge is 2.16. The van der Waals surface area contributed by atoms with E-state index in [0.717, 1.165) is 19.6 Å². The predicted octanol–water partition coefficient (Wildman–Crippen LogP) is 2.27. The summed E-state index contributed by atoms with van der Waals surface area (Å²) in [6, 6.07) is 5.32. The molecular weight excluding hydrogens is 243 g/mol. The molecule has 0 bridgehead atoms. The van der Waals surface area contributed by atoms with Gasteiger partial charge in [-0.2, -0.15) is 0 Å². The van der Waals surface area contributed by atoms with Crippen molar-refractivity contribution in [3.63, 3.8) is 0 Å². The van der Waals surface area contributed by atoms with Gasteiger partial charge in [0.1, 0.15) is 0 Å². The quantitative estimate of drug-likeness (QED) is 0.885. The van der Waals surface area contributed by atoms with E-state index in [2.05, 4.69) is 10.2 Å². The largest absolute Gasteiger partial charge is 0.494 e. The summed E-state index contributed by atoms with van der Waals surface area (Å²) in [7, 11) is 3.55. The van der Waals surface area contributed by atoms with Crippen LogP contribution in [-0.2, 0) is 6.54 Å². The number of hydrogen-bond acceptors (Lipinski definition) is 3. The van der Waals surface area contributed by atoms with Crippen molar-refractivity contribution in [3.05, 3.63) is 29.6 Å². The molecule has 0 saturated carbocycles.